The maximum absolute atomic E-state index is 12.9. The summed E-state index contributed by atoms with van der Waals surface area (Å²) in [5.74, 6) is 5.24. The summed E-state index contributed by atoms with van der Waals surface area (Å²) in [6, 6.07) is 15.5. The van der Waals surface area contributed by atoms with E-state index in [0.717, 1.165) is 10.8 Å². The monoisotopic (exact) mass is 1580 g/mol. The molecule has 2 aromatic carbocycles. The Labute approximate surface area is 588 Å². The van der Waals surface area contributed by atoms with Gasteiger partial charge >= 0.3 is 68.5 Å². The Hall–Kier alpha value is -6.56. The molecule has 0 saturated carbocycles. The van der Waals surface area contributed by atoms with E-state index in [1.165, 1.54) is 10.8 Å². The topological polar surface area (TPSA) is 560 Å². The van der Waals surface area contributed by atoms with Crippen molar-refractivity contribution in [2.45, 2.75) is 69.8 Å². The van der Waals surface area contributed by atoms with Crippen molar-refractivity contribution in [1.82, 2.24) is 25.5 Å². The molecule has 3 heterocycles. The van der Waals surface area contributed by atoms with Crippen LogP contribution in [0.4, 0.5) is 21.1 Å². The van der Waals surface area contributed by atoms with Crippen LogP contribution in [0.3, 0.4) is 0 Å². The molecule has 0 bridgehead atoms. The van der Waals surface area contributed by atoms with Crippen molar-refractivity contribution in [1.29, 1.82) is 0 Å². The summed E-state index contributed by atoms with van der Waals surface area (Å²) in [6.45, 7) is 12.3. The zero-order chi connectivity index (χ0) is 74.4. The van der Waals surface area contributed by atoms with Crippen LogP contribution in [0.25, 0.3) is 39.1 Å². The van der Waals surface area contributed by atoms with E-state index < -0.39 is 96.6 Å². The van der Waals surface area contributed by atoms with Crippen LogP contribution in [-0.2, 0) is 102 Å². The molecular formula is C54H72N8O29P3S6+. The van der Waals surface area contributed by atoms with Gasteiger partial charge in [-0.15, -0.1) is 25.3 Å². The molecule has 46 heteroatoms. The number of phosphoric ester groups is 1. The normalized spacial score (nSPS) is 15.8. The molecule has 4 unspecified atom stereocenters. The predicted molar refractivity (Wildman–Crippen MR) is 364 cm³/mol. The molecule has 3 aliphatic rings. The quantitative estimate of drug-likeness (QED) is 0.00518. The number of carboxylic acid groups (broad SMARTS) is 1. The summed E-state index contributed by atoms with van der Waals surface area (Å²) in [7, 11) is -21.1. The number of carbonyl (C=O) groups excluding carboxylic acids is 2. The van der Waals surface area contributed by atoms with Gasteiger partial charge in [-0.1, -0.05) is 62.5 Å². The van der Waals surface area contributed by atoms with E-state index in [2.05, 4.69) is 48.0 Å². The molecule has 37 nitrogen and oxygen atoms in total. The molecule has 14 N–H and O–H groups in total. The Morgan fingerprint density at radius 3 is 2.15 bits per heavy atom. The van der Waals surface area contributed by atoms with Gasteiger partial charge in [0.15, 0.2) is 11.6 Å². The van der Waals surface area contributed by atoms with Crippen molar-refractivity contribution >= 4 is 133 Å². The second kappa shape index (κ2) is 42.1. The molecule has 1 saturated heterocycles. The maximum Gasteiger partial charge on any atom is 0.490 e. The summed E-state index contributed by atoms with van der Waals surface area (Å²) in [5.41, 5.74) is 15.1. The lowest BCUT2D eigenvalue weighted by atomic mass is 9.89. The number of alkyl carbamates (subject to hydrolysis) is 2. The van der Waals surface area contributed by atoms with Gasteiger partial charge in [-0.25, -0.2) is 32.9 Å². The Balaban J connectivity index is 0.00000251. The van der Waals surface area contributed by atoms with Gasteiger partial charge in [0.2, 0.25) is 0 Å². The Morgan fingerprint density at radius 1 is 0.840 bits per heavy atom. The van der Waals surface area contributed by atoms with Gasteiger partial charge in [0.25, 0.3) is 0 Å². The zero-order valence-corrected chi connectivity index (χ0v) is 60.8. The molecule has 0 radical (unpaired) electrons. The number of fused-ring (bicyclic) bond motifs is 2. The number of aromatic carboxylic acids is 1. The Bertz CT molecular complexity index is 4200. The number of hydrogen-bond acceptors (Lipinski definition) is 31. The fraction of sp³-hybridized carbons (Fsp3) is 0.444. The van der Waals surface area contributed by atoms with Gasteiger partial charge in [-0.05, 0) is 91.5 Å². The highest BCUT2D eigenvalue weighted by Gasteiger charge is 2.47. The molecule has 0 spiro atoms. The number of nitrogens with one attached hydrogen (secondary N) is 3. The summed E-state index contributed by atoms with van der Waals surface area (Å²) in [5, 5.41) is 25.8. The first-order valence-electron chi connectivity index (χ1n) is 28.8. The van der Waals surface area contributed by atoms with E-state index in [-0.39, 0.29) is 67.0 Å². The molecule has 6 atom stereocenters. The first-order valence-corrected chi connectivity index (χ1v) is 40.2. The number of unbranched alkanes of at least 4 members (excludes halogenated alkanes) is 1. The van der Waals surface area contributed by atoms with Crippen molar-refractivity contribution in [2.75, 3.05) is 95.0 Å². The average molecular weight is 1580 g/mol. The van der Waals surface area contributed by atoms with Crippen LogP contribution in [0.5, 0.6) is 0 Å². The van der Waals surface area contributed by atoms with Gasteiger partial charge in [-0.2, -0.15) is 13.6 Å². The third-order valence-corrected chi connectivity index (χ3v) is 21.5. The van der Waals surface area contributed by atoms with Gasteiger partial charge in [0.05, 0.1) is 69.3 Å². The molecule has 2 aliphatic heterocycles. The van der Waals surface area contributed by atoms with Crippen molar-refractivity contribution in [2.24, 2.45) is 0 Å². The third-order valence-electron chi connectivity index (χ3n) is 12.6. The van der Waals surface area contributed by atoms with Gasteiger partial charge in [-0.3, -0.25) is 14.5 Å². The van der Waals surface area contributed by atoms with Crippen LogP contribution in [0.2, 0.25) is 0 Å². The highest BCUT2D eigenvalue weighted by Crippen LogP contribution is 2.67. The van der Waals surface area contributed by atoms with E-state index >= 15 is 0 Å². The number of nitrogens with two attached hydrogens (primary N) is 3. The lowest BCUT2D eigenvalue weighted by Gasteiger charge is -2.22. The number of hydrogen-bond donors (Lipinski definition) is 11. The number of phosphoric acid groups is 3. The number of amides is 2. The molecular weight excluding hydrogens is 1510 g/mol. The number of aromatic nitrogens is 2. The average Bonchev–Trinajstić information content (AvgIpc) is 0.851. The SMILES string of the molecule is C=C(NCCOCCOCCNC(=O)OCCC(C)(C)SSCOCCCCOC(=O)NCC#Cc1cn([C@H]2CC(OCS(=S)CC)[C@@H](OP(=O)(O)OP(=O)(O)OP(=O)(O)O)O2)c(=O)nc1N)c1ccc(C(=O)O)c(-c2c3ccc(=[NH2+])cc-3oc3cc(N)ccc23)c1.O=S(=O)=O.O=S(=O)=O. The number of carboxylic acids is 1. The lowest BCUT2D eigenvalue weighted by molar-refractivity contribution is -0.172. The van der Waals surface area contributed by atoms with Crippen molar-refractivity contribution in [3.8, 4) is 34.3 Å². The second-order valence-electron chi connectivity index (χ2n) is 20.6. The number of rotatable bonds is 37. The molecule has 100 heavy (non-hydrogen) atoms. The largest absolute Gasteiger partial charge is 0.490 e. The number of benzene rings is 3. The number of anilines is 2. The predicted octanol–water partition coefficient (Wildman–Crippen LogP) is 2.71. The van der Waals surface area contributed by atoms with E-state index in [9.17, 15) is 47.8 Å². The minimum Gasteiger partial charge on any atom is -0.478 e. The zero-order valence-electron chi connectivity index (χ0n) is 53.2. The van der Waals surface area contributed by atoms with Gasteiger partial charge in [0, 0.05) is 77.1 Å². The van der Waals surface area contributed by atoms with Gasteiger partial charge in [0.1, 0.15) is 35.4 Å². The molecule has 552 valence electrons. The molecule has 1 fully saturated rings. The maximum atomic E-state index is 12.9. The second-order valence-corrected chi connectivity index (χ2v) is 31.8. The fourth-order valence-electron chi connectivity index (χ4n) is 8.29. The van der Waals surface area contributed by atoms with Gasteiger partial charge < -0.3 is 89.7 Å². The molecule has 1 aromatic heterocycles. The van der Waals surface area contributed by atoms with E-state index in [0.29, 0.717) is 120 Å². The Kier molecular flexibility index (Phi) is 36.2. The lowest BCUT2D eigenvalue weighted by Crippen LogP contribution is -2.44. The molecule has 6 rings (SSSR count). The minimum absolute atomic E-state index is 0.00432. The van der Waals surface area contributed by atoms with Crippen LogP contribution in [0.15, 0.2) is 76.6 Å². The smallest absolute Gasteiger partial charge is 0.478 e. The summed E-state index contributed by atoms with van der Waals surface area (Å²) >= 11 is 5.27. The molecule has 2 amide bonds. The number of carbonyl (C=O) groups is 3. The molecule has 3 aromatic rings. The first kappa shape index (κ1) is 85.8. The number of ether oxygens (including phenoxy) is 7. The van der Waals surface area contributed by atoms with Crippen molar-refractivity contribution in [3.05, 3.63) is 99.9 Å². The van der Waals surface area contributed by atoms with E-state index in [1.807, 2.05) is 13.8 Å². The highest BCUT2D eigenvalue weighted by molar-refractivity contribution is 8.77. The summed E-state index contributed by atoms with van der Waals surface area (Å²) in [4.78, 5) is 91.2. The van der Waals surface area contributed by atoms with Crippen LogP contribution in [0.1, 0.15) is 74.2 Å². The van der Waals surface area contributed by atoms with Crippen molar-refractivity contribution in [3.63, 3.8) is 0 Å². The van der Waals surface area contributed by atoms with Crippen LogP contribution in [-0.4, -0.2) is 178 Å². The van der Waals surface area contributed by atoms with Crippen LogP contribution >= 0.6 is 45.1 Å². The Morgan fingerprint density at radius 2 is 1.49 bits per heavy atom. The summed E-state index contributed by atoms with van der Waals surface area (Å²) in [6.07, 6.45) is -3.20. The minimum atomic E-state index is -5.87. The van der Waals surface area contributed by atoms with Crippen LogP contribution in [0, 0.1) is 11.8 Å². The van der Waals surface area contributed by atoms with E-state index in [1.54, 1.807) is 72.3 Å². The summed E-state index contributed by atoms with van der Waals surface area (Å²) < 4.78 is 144. The van der Waals surface area contributed by atoms with Crippen molar-refractivity contribution < 1.29 is 134 Å². The standard InChI is InChI=1S/C54H71N8O23P3S4.2O3S/c1-5-92(89)33-80-45-30-46(82-50(45)83-87(71,72)85-88(73,74)84-86(68,69)70)62-31-36(48(57)61-51(62)65)9-8-17-59-52(66)78-21-7-6-20-77-32-90-91-54(3,4)16-22-79-53(67)60-19-24-76-26-25-75-23-18-58-34(2)35-10-13-39(49(63)64)42(27-35)47-40-14-11-37(55)28-43(40)81-44-29-38(56)12-15-41(44)47;2*1-4(2)3/h10-15,27-29,31,45-46,50,55,58H,2,5-7,16-26,30,32-33,56H2,1,3-4H3,(H,59,66)(H,60,67)(H,63,64)(H,71,72)(H,73,74)(H2,57,61,65)(H2,68,69,70);;/p+1/t45?,46-,50-,92?;;/m1../s1. The number of nitrogens with zero attached hydrogens (tertiary/aromatic N) is 2. The third kappa shape index (κ3) is 32.2. The highest BCUT2D eigenvalue weighted by atomic mass is 33.1. The van der Waals surface area contributed by atoms with Crippen LogP contribution < -0.4 is 43.9 Å². The fourth-order valence-corrected chi connectivity index (χ4v) is 14.3. The molecule has 1 aliphatic carbocycles. The van der Waals surface area contributed by atoms with E-state index in [4.69, 9.17) is 105 Å². The first-order chi connectivity index (χ1) is 47.0. The number of nitrogen functional groups attached to an aromatic ring is 2.